The predicted molar refractivity (Wildman–Crippen MR) is 50.5 cm³/mol. The number of anilines is 1. The van der Waals surface area contributed by atoms with Gasteiger partial charge in [-0.2, -0.15) is 0 Å². The Morgan fingerprint density at radius 1 is 1.58 bits per heavy atom. The second kappa shape index (κ2) is 3.15. The Labute approximate surface area is 75.6 Å². The molecule has 1 nitrogen and oxygen atoms in total. The molecule has 0 aliphatic carbocycles. The van der Waals surface area contributed by atoms with Crippen molar-refractivity contribution in [2.45, 2.75) is 6.92 Å². The summed E-state index contributed by atoms with van der Waals surface area (Å²) in [5.41, 5.74) is 6.32. The van der Waals surface area contributed by atoms with Crippen molar-refractivity contribution < 1.29 is 4.39 Å². The van der Waals surface area contributed by atoms with E-state index in [9.17, 15) is 4.39 Å². The maximum atomic E-state index is 13.2. The zero-order valence-electron chi connectivity index (χ0n) is 6.70. The molecule has 0 saturated carbocycles. The van der Waals surface area contributed by atoms with Gasteiger partial charge in [-0.05, 0) is 24.6 Å². The van der Waals surface area contributed by atoms with Crippen molar-refractivity contribution in [3.63, 3.8) is 0 Å². The normalized spacial score (nSPS) is 9.92. The Bertz CT molecular complexity index is 334. The summed E-state index contributed by atoms with van der Waals surface area (Å²) in [5, 5.41) is 0.342. The van der Waals surface area contributed by atoms with Crippen LogP contribution in [-0.2, 0) is 0 Å². The van der Waals surface area contributed by atoms with E-state index in [-0.39, 0.29) is 5.69 Å². The fourth-order valence-corrected chi connectivity index (χ4v) is 1.27. The van der Waals surface area contributed by atoms with Crippen LogP contribution in [0.4, 0.5) is 10.1 Å². The fraction of sp³-hybridized carbons (Fsp3) is 0.111. The van der Waals surface area contributed by atoms with Gasteiger partial charge in [-0.1, -0.05) is 18.2 Å². The summed E-state index contributed by atoms with van der Waals surface area (Å²) in [4.78, 5) is 0. The largest absolute Gasteiger partial charge is 0.396 e. The van der Waals surface area contributed by atoms with Crippen LogP contribution in [0.2, 0.25) is 5.02 Å². The molecule has 0 bridgehead atoms. The SMILES string of the molecule is C=C(C)c1c(Cl)ccc(N)c1F. The molecule has 0 fully saturated rings. The number of halogens is 2. The van der Waals surface area contributed by atoms with Crippen LogP contribution >= 0.6 is 11.6 Å². The van der Waals surface area contributed by atoms with Gasteiger partial charge in [0, 0.05) is 5.56 Å². The lowest BCUT2D eigenvalue weighted by molar-refractivity contribution is 0.629. The van der Waals surface area contributed by atoms with Crippen molar-refractivity contribution in [1.29, 1.82) is 0 Å². The highest BCUT2D eigenvalue weighted by atomic mass is 35.5. The average Bonchev–Trinajstić information content (AvgIpc) is 1.97. The fourth-order valence-electron chi connectivity index (χ4n) is 0.960. The molecule has 0 amide bonds. The molecule has 1 aromatic rings. The van der Waals surface area contributed by atoms with E-state index in [2.05, 4.69) is 6.58 Å². The summed E-state index contributed by atoms with van der Waals surface area (Å²) >= 11 is 5.74. The zero-order chi connectivity index (χ0) is 9.30. The van der Waals surface area contributed by atoms with E-state index in [1.807, 2.05) is 0 Å². The van der Waals surface area contributed by atoms with Crippen LogP contribution in [0, 0.1) is 5.82 Å². The third kappa shape index (κ3) is 1.43. The minimum atomic E-state index is -0.491. The molecule has 0 aliphatic heterocycles. The first-order chi connectivity index (χ1) is 5.54. The van der Waals surface area contributed by atoms with Crippen molar-refractivity contribution in [2.24, 2.45) is 0 Å². The molecular formula is C9H9ClFN. The summed E-state index contributed by atoms with van der Waals surface area (Å²) in [7, 11) is 0. The van der Waals surface area contributed by atoms with Gasteiger partial charge in [-0.3, -0.25) is 0 Å². The number of nitrogens with two attached hydrogens (primary N) is 1. The molecule has 0 aromatic heterocycles. The smallest absolute Gasteiger partial charge is 0.155 e. The molecule has 64 valence electrons. The second-order valence-corrected chi connectivity index (χ2v) is 3.01. The molecule has 0 atom stereocenters. The minimum Gasteiger partial charge on any atom is -0.396 e. The lowest BCUT2D eigenvalue weighted by atomic mass is 10.1. The van der Waals surface area contributed by atoms with Crippen LogP contribution in [-0.4, -0.2) is 0 Å². The first-order valence-electron chi connectivity index (χ1n) is 3.43. The van der Waals surface area contributed by atoms with Crippen LogP contribution in [0.3, 0.4) is 0 Å². The molecule has 0 aliphatic rings. The van der Waals surface area contributed by atoms with Crippen molar-refractivity contribution in [2.75, 3.05) is 5.73 Å². The summed E-state index contributed by atoms with van der Waals surface area (Å²) in [6, 6.07) is 2.99. The van der Waals surface area contributed by atoms with Gasteiger partial charge in [0.1, 0.15) is 0 Å². The van der Waals surface area contributed by atoms with E-state index in [0.717, 1.165) is 0 Å². The van der Waals surface area contributed by atoms with Crippen LogP contribution < -0.4 is 5.73 Å². The number of hydrogen-bond acceptors (Lipinski definition) is 1. The standard InChI is InChI=1S/C9H9ClFN/c1-5(2)8-6(10)3-4-7(12)9(8)11/h3-4H,1,12H2,2H3. The highest BCUT2D eigenvalue weighted by Gasteiger charge is 2.10. The van der Waals surface area contributed by atoms with Crippen molar-refractivity contribution >= 4 is 22.9 Å². The van der Waals surface area contributed by atoms with Gasteiger partial charge < -0.3 is 5.73 Å². The third-order valence-corrected chi connectivity index (χ3v) is 1.86. The van der Waals surface area contributed by atoms with E-state index >= 15 is 0 Å². The second-order valence-electron chi connectivity index (χ2n) is 2.61. The Morgan fingerprint density at radius 2 is 2.17 bits per heavy atom. The Balaban J connectivity index is 3.43. The Morgan fingerprint density at radius 3 is 2.58 bits per heavy atom. The lowest BCUT2D eigenvalue weighted by Crippen LogP contribution is -1.95. The molecule has 0 unspecified atom stereocenters. The van der Waals surface area contributed by atoms with Gasteiger partial charge in [0.25, 0.3) is 0 Å². The predicted octanol–water partition coefficient (Wildman–Crippen LogP) is 3.09. The van der Waals surface area contributed by atoms with Crippen LogP contribution in [0.15, 0.2) is 18.7 Å². The van der Waals surface area contributed by atoms with E-state index in [0.29, 0.717) is 16.2 Å². The number of benzene rings is 1. The molecule has 1 rings (SSSR count). The molecule has 0 heterocycles. The van der Waals surface area contributed by atoms with E-state index in [1.165, 1.54) is 6.07 Å². The summed E-state index contributed by atoms with van der Waals surface area (Å²) in [5.74, 6) is -0.491. The molecule has 1 aromatic carbocycles. The highest BCUT2D eigenvalue weighted by molar-refractivity contribution is 6.32. The molecular weight excluding hydrogens is 177 g/mol. The topological polar surface area (TPSA) is 26.0 Å². The maximum absolute atomic E-state index is 13.2. The Kier molecular flexibility index (Phi) is 2.38. The molecule has 12 heavy (non-hydrogen) atoms. The molecule has 2 N–H and O–H groups in total. The van der Waals surface area contributed by atoms with Crippen molar-refractivity contribution in [3.05, 3.63) is 35.1 Å². The van der Waals surface area contributed by atoms with Gasteiger partial charge in [-0.15, -0.1) is 0 Å². The van der Waals surface area contributed by atoms with Gasteiger partial charge in [0.15, 0.2) is 5.82 Å². The van der Waals surface area contributed by atoms with Crippen LogP contribution in [0.25, 0.3) is 5.57 Å². The van der Waals surface area contributed by atoms with Crippen molar-refractivity contribution in [1.82, 2.24) is 0 Å². The molecule has 0 saturated heterocycles. The highest BCUT2D eigenvalue weighted by Crippen LogP contribution is 2.28. The monoisotopic (exact) mass is 185 g/mol. The van der Waals surface area contributed by atoms with Gasteiger partial charge in [-0.25, -0.2) is 4.39 Å². The van der Waals surface area contributed by atoms with Crippen molar-refractivity contribution in [3.8, 4) is 0 Å². The van der Waals surface area contributed by atoms with Gasteiger partial charge in [0.2, 0.25) is 0 Å². The van der Waals surface area contributed by atoms with Crippen LogP contribution in [0.5, 0.6) is 0 Å². The van der Waals surface area contributed by atoms with E-state index < -0.39 is 5.82 Å². The van der Waals surface area contributed by atoms with Gasteiger partial charge in [0.05, 0.1) is 10.7 Å². The average molecular weight is 186 g/mol. The lowest BCUT2D eigenvalue weighted by Gasteiger charge is -2.06. The van der Waals surface area contributed by atoms with Gasteiger partial charge >= 0.3 is 0 Å². The Hall–Kier alpha value is -1.02. The molecule has 0 radical (unpaired) electrons. The number of nitrogen functional groups attached to an aromatic ring is 1. The maximum Gasteiger partial charge on any atom is 0.155 e. The van der Waals surface area contributed by atoms with Crippen LogP contribution in [0.1, 0.15) is 12.5 Å². The first-order valence-corrected chi connectivity index (χ1v) is 3.81. The first kappa shape index (κ1) is 9.07. The minimum absolute atomic E-state index is 0.0948. The number of rotatable bonds is 1. The third-order valence-electron chi connectivity index (χ3n) is 1.55. The zero-order valence-corrected chi connectivity index (χ0v) is 7.45. The molecule has 3 heteroatoms. The summed E-state index contributed by atoms with van der Waals surface area (Å²) in [6.07, 6.45) is 0. The summed E-state index contributed by atoms with van der Waals surface area (Å²) < 4.78 is 13.2. The van der Waals surface area contributed by atoms with E-state index in [4.69, 9.17) is 17.3 Å². The molecule has 0 spiro atoms. The summed E-state index contributed by atoms with van der Waals surface area (Å²) in [6.45, 7) is 5.29. The number of allylic oxidation sites excluding steroid dienone is 1. The van der Waals surface area contributed by atoms with E-state index in [1.54, 1.807) is 13.0 Å². The number of hydrogen-bond donors (Lipinski definition) is 1. The quantitative estimate of drug-likeness (QED) is 0.669.